The number of nitrogens with zero attached hydrogens (tertiary/aromatic N) is 1. The predicted octanol–water partition coefficient (Wildman–Crippen LogP) is 2.86. The van der Waals surface area contributed by atoms with Crippen molar-refractivity contribution in [1.82, 2.24) is 10.2 Å². The van der Waals surface area contributed by atoms with Crippen molar-refractivity contribution in [3.8, 4) is 5.75 Å². The summed E-state index contributed by atoms with van der Waals surface area (Å²) in [5.74, 6) is 0.895. The van der Waals surface area contributed by atoms with Crippen LogP contribution in [0.1, 0.15) is 15.9 Å². The minimum Gasteiger partial charge on any atom is -0.489 e. The molecule has 3 rings (SSSR count). The van der Waals surface area contributed by atoms with Crippen LogP contribution in [0.4, 0.5) is 0 Å². The normalized spacial score (nSPS) is 13.8. The van der Waals surface area contributed by atoms with Crippen LogP contribution in [-0.2, 0) is 11.4 Å². The van der Waals surface area contributed by atoms with Crippen LogP contribution in [0.3, 0.4) is 0 Å². The SMILES string of the molecule is O=C(NCCN1C(=O)CSC1=S)c1ccc(OCc2ccccc2)cc1. The molecular formula is C19H18N2O3S2. The highest BCUT2D eigenvalue weighted by molar-refractivity contribution is 8.23. The Hall–Kier alpha value is -2.38. The average Bonchev–Trinajstić information content (AvgIpc) is 2.99. The van der Waals surface area contributed by atoms with Gasteiger partial charge in [0.25, 0.3) is 5.91 Å². The van der Waals surface area contributed by atoms with Gasteiger partial charge in [-0.2, -0.15) is 0 Å². The third-order valence-electron chi connectivity index (χ3n) is 3.83. The van der Waals surface area contributed by atoms with Crippen molar-refractivity contribution in [3.63, 3.8) is 0 Å². The Bertz CT molecular complexity index is 778. The van der Waals surface area contributed by atoms with Gasteiger partial charge in [0.1, 0.15) is 16.7 Å². The van der Waals surface area contributed by atoms with Gasteiger partial charge in [-0.05, 0) is 29.8 Å². The van der Waals surface area contributed by atoms with E-state index in [1.807, 2.05) is 30.3 Å². The molecule has 2 aromatic rings. The van der Waals surface area contributed by atoms with Crippen molar-refractivity contribution in [1.29, 1.82) is 0 Å². The summed E-state index contributed by atoms with van der Waals surface area (Å²) >= 11 is 6.46. The van der Waals surface area contributed by atoms with Crippen LogP contribution in [0.25, 0.3) is 0 Å². The minimum atomic E-state index is -0.190. The van der Waals surface area contributed by atoms with Crippen LogP contribution < -0.4 is 10.1 Å². The molecule has 0 aromatic heterocycles. The predicted molar refractivity (Wildman–Crippen MR) is 106 cm³/mol. The van der Waals surface area contributed by atoms with Gasteiger partial charge >= 0.3 is 0 Å². The molecule has 0 spiro atoms. The van der Waals surface area contributed by atoms with Crippen molar-refractivity contribution >= 4 is 40.1 Å². The second-order valence-electron chi connectivity index (χ2n) is 5.65. The fraction of sp³-hybridized carbons (Fsp3) is 0.211. The van der Waals surface area contributed by atoms with Crippen LogP contribution in [0.2, 0.25) is 0 Å². The van der Waals surface area contributed by atoms with E-state index in [2.05, 4.69) is 5.32 Å². The number of thiocarbonyl (C=S) groups is 1. The summed E-state index contributed by atoms with van der Waals surface area (Å²) in [5, 5.41) is 2.80. The Kier molecular flexibility index (Phi) is 6.25. The largest absolute Gasteiger partial charge is 0.489 e. The average molecular weight is 386 g/mol. The molecule has 2 aromatic carbocycles. The van der Waals surface area contributed by atoms with E-state index in [0.29, 0.717) is 41.1 Å². The van der Waals surface area contributed by atoms with E-state index in [9.17, 15) is 9.59 Å². The molecular weight excluding hydrogens is 368 g/mol. The molecule has 2 amide bonds. The number of nitrogens with one attached hydrogen (secondary N) is 1. The number of hydrogen-bond donors (Lipinski definition) is 1. The lowest BCUT2D eigenvalue weighted by Gasteiger charge is -2.15. The molecule has 0 aliphatic carbocycles. The van der Waals surface area contributed by atoms with Gasteiger partial charge in [-0.25, -0.2) is 0 Å². The third kappa shape index (κ3) is 4.83. The molecule has 1 saturated heterocycles. The fourth-order valence-corrected chi connectivity index (χ4v) is 3.55. The molecule has 1 fully saturated rings. The van der Waals surface area contributed by atoms with Crippen LogP contribution >= 0.6 is 24.0 Å². The lowest BCUT2D eigenvalue weighted by atomic mass is 10.2. The van der Waals surface area contributed by atoms with E-state index in [-0.39, 0.29) is 11.8 Å². The van der Waals surface area contributed by atoms with Gasteiger partial charge in [-0.3, -0.25) is 14.5 Å². The number of benzene rings is 2. The zero-order chi connectivity index (χ0) is 18.4. The second kappa shape index (κ2) is 8.82. The van der Waals surface area contributed by atoms with E-state index in [1.54, 1.807) is 24.3 Å². The highest BCUT2D eigenvalue weighted by Gasteiger charge is 2.25. The van der Waals surface area contributed by atoms with Crippen molar-refractivity contribution in [3.05, 3.63) is 65.7 Å². The molecule has 1 aliphatic heterocycles. The number of ether oxygens (including phenoxy) is 1. The Morgan fingerprint density at radius 2 is 1.88 bits per heavy atom. The fourth-order valence-electron chi connectivity index (χ4n) is 2.42. The number of carbonyl (C=O) groups is 2. The van der Waals surface area contributed by atoms with Crippen molar-refractivity contribution in [2.75, 3.05) is 18.8 Å². The van der Waals surface area contributed by atoms with Crippen LogP contribution in [0, 0.1) is 0 Å². The Balaban J connectivity index is 1.46. The van der Waals surface area contributed by atoms with Gasteiger partial charge in [0, 0.05) is 18.7 Å². The zero-order valence-corrected chi connectivity index (χ0v) is 15.6. The van der Waals surface area contributed by atoms with Crippen LogP contribution in [0.15, 0.2) is 54.6 Å². The molecule has 0 atom stereocenters. The minimum absolute atomic E-state index is 0.00540. The number of rotatable bonds is 7. The molecule has 0 saturated carbocycles. The summed E-state index contributed by atoms with van der Waals surface area (Å²) in [7, 11) is 0. The first-order valence-corrected chi connectivity index (χ1v) is 9.55. The summed E-state index contributed by atoms with van der Waals surface area (Å²) in [6.07, 6.45) is 0. The second-order valence-corrected chi connectivity index (χ2v) is 7.26. The number of hydrogen-bond acceptors (Lipinski definition) is 5. The quantitative estimate of drug-likeness (QED) is 0.742. The standard InChI is InChI=1S/C19H18N2O3S2/c22-17-13-26-19(25)21(17)11-10-20-18(23)15-6-8-16(9-7-15)24-12-14-4-2-1-3-5-14/h1-9H,10-13H2,(H,20,23). The van der Waals surface area contributed by atoms with E-state index in [4.69, 9.17) is 17.0 Å². The van der Waals surface area contributed by atoms with Crippen molar-refractivity contribution in [2.45, 2.75) is 6.61 Å². The van der Waals surface area contributed by atoms with Crippen molar-refractivity contribution in [2.24, 2.45) is 0 Å². The summed E-state index contributed by atoms with van der Waals surface area (Å²) in [5.41, 5.74) is 1.63. The van der Waals surface area contributed by atoms with Gasteiger partial charge in [0.05, 0.1) is 5.75 Å². The van der Waals surface area contributed by atoms with E-state index in [1.165, 1.54) is 16.7 Å². The van der Waals surface area contributed by atoms with E-state index >= 15 is 0 Å². The summed E-state index contributed by atoms with van der Waals surface area (Å²) in [4.78, 5) is 25.3. The van der Waals surface area contributed by atoms with Gasteiger partial charge in [0.15, 0.2) is 0 Å². The van der Waals surface area contributed by atoms with Gasteiger partial charge < -0.3 is 10.1 Å². The molecule has 134 valence electrons. The molecule has 7 heteroatoms. The molecule has 0 radical (unpaired) electrons. The molecule has 0 bridgehead atoms. The van der Waals surface area contributed by atoms with Gasteiger partial charge in [-0.15, -0.1) is 0 Å². The maximum atomic E-state index is 12.2. The number of amides is 2. The first kappa shape index (κ1) is 18.4. The monoisotopic (exact) mass is 386 g/mol. The Labute approximate surface area is 161 Å². The highest BCUT2D eigenvalue weighted by atomic mass is 32.2. The topological polar surface area (TPSA) is 58.6 Å². The lowest BCUT2D eigenvalue weighted by Crippen LogP contribution is -2.37. The number of thioether (sulfide) groups is 1. The molecule has 1 N–H and O–H groups in total. The van der Waals surface area contributed by atoms with Gasteiger partial charge in [0.2, 0.25) is 5.91 Å². The zero-order valence-electron chi connectivity index (χ0n) is 14.0. The third-order valence-corrected chi connectivity index (χ3v) is 5.26. The number of carbonyl (C=O) groups excluding carboxylic acids is 2. The molecule has 5 nitrogen and oxygen atoms in total. The van der Waals surface area contributed by atoms with Gasteiger partial charge in [-0.1, -0.05) is 54.3 Å². The Morgan fingerprint density at radius 1 is 1.15 bits per heavy atom. The lowest BCUT2D eigenvalue weighted by molar-refractivity contribution is -0.123. The first-order chi connectivity index (χ1) is 12.6. The summed E-state index contributed by atoms with van der Waals surface area (Å²) in [6.45, 7) is 1.24. The van der Waals surface area contributed by atoms with Crippen LogP contribution in [0.5, 0.6) is 5.75 Å². The highest BCUT2D eigenvalue weighted by Crippen LogP contribution is 2.18. The smallest absolute Gasteiger partial charge is 0.251 e. The van der Waals surface area contributed by atoms with E-state index in [0.717, 1.165) is 5.56 Å². The molecule has 1 aliphatic rings. The van der Waals surface area contributed by atoms with E-state index < -0.39 is 0 Å². The maximum Gasteiger partial charge on any atom is 0.251 e. The summed E-state index contributed by atoms with van der Waals surface area (Å²) < 4.78 is 6.28. The van der Waals surface area contributed by atoms with Crippen LogP contribution in [-0.4, -0.2) is 39.9 Å². The van der Waals surface area contributed by atoms with Crippen molar-refractivity contribution < 1.29 is 14.3 Å². The maximum absolute atomic E-state index is 12.2. The molecule has 26 heavy (non-hydrogen) atoms. The first-order valence-electron chi connectivity index (χ1n) is 8.15. The molecule has 0 unspecified atom stereocenters. The molecule has 1 heterocycles. The summed E-state index contributed by atoms with van der Waals surface area (Å²) in [6, 6.07) is 16.9. The Morgan fingerprint density at radius 3 is 2.54 bits per heavy atom.